The predicted molar refractivity (Wildman–Crippen MR) is 65.4 cm³/mol. The zero-order valence-corrected chi connectivity index (χ0v) is 10.4. The van der Waals surface area contributed by atoms with Crippen LogP contribution in [0.4, 0.5) is 0 Å². The standard InChI is InChI=1S/C14H14N2O2/c1-3-18-13(17)14(2,8-9-15)12-7-5-4-6-11(12)10-16/h4-7H,3,8H2,1-2H3. The number of hydrogen-bond donors (Lipinski definition) is 0. The highest BCUT2D eigenvalue weighted by Gasteiger charge is 2.38. The molecule has 0 aliphatic heterocycles. The van der Waals surface area contributed by atoms with E-state index in [0.717, 1.165) is 0 Å². The van der Waals surface area contributed by atoms with E-state index >= 15 is 0 Å². The van der Waals surface area contributed by atoms with E-state index in [0.29, 0.717) is 11.1 Å². The summed E-state index contributed by atoms with van der Waals surface area (Å²) in [6, 6.07) is 10.8. The molecule has 0 aromatic heterocycles. The lowest BCUT2D eigenvalue weighted by Crippen LogP contribution is -2.35. The molecule has 18 heavy (non-hydrogen) atoms. The van der Waals surface area contributed by atoms with Gasteiger partial charge in [0.25, 0.3) is 0 Å². The summed E-state index contributed by atoms with van der Waals surface area (Å²) in [5.41, 5.74) is -0.173. The van der Waals surface area contributed by atoms with Gasteiger partial charge in [0.05, 0.1) is 30.7 Å². The molecule has 0 bridgehead atoms. The minimum absolute atomic E-state index is 0.0233. The molecule has 0 saturated carbocycles. The Hall–Kier alpha value is -2.33. The molecule has 1 aromatic rings. The minimum atomic E-state index is -1.10. The van der Waals surface area contributed by atoms with Crippen LogP contribution in [0.3, 0.4) is 0 Å². The van der Waals surface area contributed by atoms with Gasteiger partial charge in [0.2, 0.25) is 0 Å². The average Bonchev–Trinajstić information content (AvgIpc) is 2.39. The van der Waals surface area contributed by atoms with Gasteiger partial charge in [0.1, 0.15) is 5.41 Å². The van der Waals surface area contributed by atoms with E-state index in [1.165, 1.54) is 0 Å². The van der Waals surface area contributed by atoms with E-state index in [9.17, 15) is 4.79 Å². The molecule has 1 atom stereocenters. The highest BCUT2D eigenvalue weighted by atomic mass is 16.5. The molecule has 1 rings (SSSR count). The summed E-state index contributed by atoms with van der Waals surface area (Å²) >= 11 is 0. The second kappa shape index (κ2) is 5.84. The smallest absolute Gasteiger partial charge is 0.317 e. The van der Waals surface area contributed by atoms with E-state index in [-0.39, 0.29) is 13.0 Å². The zero-order chi connectivity index (χ0) is 13.6. The van der Waals surface area contributed by atoms with Crippen molar-refractivity contribution in [3.8, 4) is 12.1 Å². The Kier molecular flexibility index (Phi) is 4.45. The second-order valence-electron chi connectivity index (χ2n) is 4.04. The molecular weight excluding hydrogens is 228 g/mol. The van der Waals surface area contributed by atoms with Gasteiger partial charge in [-0.25, -0.2) is 0 Å². The van der Waals surface area contributed by atoms with Crippen LogP contribution < -0.4 is 0 Å². The normalized spacial score (nSPS) is 12.9. The molecule has 0 saturated heterocycles. The SMILES string of the molecule is CCOC(=O)C(C)(CC#N)c1ccccc1C#N. The molecule has 1 aromatic carbocycles. The molecular formula is C14H14N2O2. The molecule has 4 nitrogen and oxygen atoms in total. The van der Waals surface area contributed by atoms with Crippen molar-refractivity contribution in [2.75, 3.05) is 6.61 Å². The molecule has 0 heterocycles. The second-order valence-corrected chi connectivity index (χ2v) is 4.04. The van der Waals surface area contributed by atoms with Crippen molar-refractivity contribution in [2.24, 2.45) is 0 Å². The third kappa shape index (κ3) is 2.49. The summed E-state index contributed by atoms with van der Waals surface area (Å²) in [5.74, 6) is -0.478. The first-order valence-corrected chi connectivity index (χ1v) is 5.64. The third-order valence-electron chi connectivity index (χ3n) is 2.80. The zero-order valence-electron chi connectivity index (χ0n) is 10.4. The summed E-state index contributed by atoms with van der Waals surface area (Å²) in [6.07, 6.45) is -0.0233. The van der Waals surface area contributed by atoms with E-state index < -0.39 is 11.4 Å². The first kappa shape index (κ1) is 13.7. The van der Waals surface area contributed by atoms with Gasteiger partial charge in [-0.15, -0.1) is 0 Å². The van der Waals surface area contributed by atoms with Crippen molar-refractivity contribution in [1.29, 1.82) is 10.5 Å². The fourth-order valence-electron chi connectivity index (χ4n) is 1.79. The maximum atomic E-state index is 12.0. The highest BCUT2D eigenvalue weighted by Crippen LogP contribution is 2.31. The molecule has 0 fully saturated rings. The quantitative estimate of drug-likeness (QED) is 0.759. The van der Waals surface area contributed by atoms with Crippen LogP contribution in [0.1, 0.15) is 31.4 Å². The van der Waals surface area contributed by atoms with Crippen molar-refractivity contribution in [2.45, 2.75) is 25.7 Å². The van der Waals surface area contributed by atoms with Crippen molar-refractivity contribution in [3.63, 3.8) is 0 Å². The van der Waals surface area contributed by atoms with Gasteiger partial charge in [-0.05, 0) is 25.5 Å². The van der Waals surface area contributed by atoms with Crippen LogP contribution in [0.15, 0.2) is 24.3 Å². The van der Waals surface area contributed by atoms with Gasteiger partial charge >= 0.3 is 5.97 Å². The van der Waals surface area contributed by atoms with Gasteiger partial charge in [0, 0.05) is 0 Å². The Morgan fingerprint density at radius 3 is 2.61 bits per heavy atom. The maximum Gasteiger partial charge on any atom is 0.317 e. The first-order chi connectivity index (χ1) is 8.60. The number of ether oxygens (including phenoxy) is 1. The van der Waals surface area contributed by atoms with Crippen molar-refractivity contribution < 1.29 is 9.53 Å². The maximum absolute atomic E-state index is 12.0. The lowest BCUT2D eigenvalue weighted by molar-refractivity contribution is -0.149. The number of carbonyl (C=O) groups is 1. The number of carbonyl (C=O) groups excluding carboxylic acids is 1. The Morgan fingerprint density at radius 1 is 1.39 bits per heavy atom. The first-order valence-electron chi connectivity index (χ1n) is 5.64. The largest absolute Gasteiger partial charge is 0.465 e. The Bertz CT molecular complexity index is 525. The van der Waals surface area contributed by atoms with Crippen LogP contribution in [0.25, 0.3) is 0 Å². The fourth-order valence-corrected chi connectivity index (χ4v) is 1.79. The Labute approximate surface area is 106 Å². The number of esters is 1. The van der Waals surface area contributed by atoms with E-state index in [4.69, 9.17) is 15.3 Å². The van der Waals surface area contributed by atoms with Gasteiger partial charge in [-0.1, -0.05) is 18.2 Å². The molecule has 0 aliphatic carbocycles. The van der Waals surface area contributed by atoms with Gasteiger partial charge < -0.3 is 4.74 Å². The number of nitrogens with zero attached hydrogens (tertiary/aromatic N) is 2. The van der Waals surface area contributed by atoms with Crippen LogP contribution in [0, 0.1) is 22.7 Å². The van der Waals surface area contributed by atoms with Gasteiger partial charge in [-0.3, -0.25) is 4.79 Å². The predicted octanol–water partition coefficient (Wildman–Crippen LogP) is 2.29. The molecule has 0 amide bonds. The van der Waals surface area contributed by atoms with Crippen LogP contribution in [-0.2, 0) is 14.9 Å². The van der Waals surface area contributed by atoms with Crippen LogP contribution in [-0.4, -0.2) is 12.6 Å². The summed E-state index contributed by atoms with van der Waals surface area (Å²) in [5, 5.41) is 18.0. The number of rotatable bonds is 4. The van der Waals surface area contributed by atoms with Crippen molar-refractivity contribution >= 4 is 5.97 Å². The van der Waals surface area contributed by atoms with Crippen LogP contribution in [0.5, 0.6) is 0 Å². The number of hydrogen-bond acceptors (Lipinski definition) is 4. The molecule has 0 spiro atoms. The average molecular weight is 242 g/mol. The monoisotopic (exact) mass is 242 g/mol. The lowest BCUT2D eigenvalue weighted by Gasteiger charge is -2.25. The van der Waals surface area contributed by atoms with Crippen molar-refractivity contribution in [3.05, 3.63) is 35.4 Å². The van der Waals surface area contributed by atoms with Crippen LogP contribution >= 0.6 is 0 Å². The molecule has 92 valence electrons. The van der Waals surface area contributed by atoms with Gasteiger partial charge in [0.15, 0.2) is 0 Å². The molecule has 1 unspecified atom stereocenters. The third-order valence-corrected chi connectivity index (χ3v) is 2.80. The topological polar surface area (TPSA) is 73.9 Å². The van der Waals surface area contributed by atoms with E-state index in [2.05, 4.69) is 0 Å². The summed E-state index contributed by atoms with van der Waals surface area (Å²) in [7, 11) is 0. The molecule has 4 heteroatoms. The van der Waals surface area contributed by atoms with Crippen LogP contribution in [0.2, 0.25) is 0 Å². The molecule has 0 radical (unpaired) electrons. The van der Waals surface area contributed by atoms with Crippen molar-refractivity contribution in [1.82, 2.24) is 0 Å². The summed E-state index contributed by atoms with van der Waals surface area (Å²) < 4.78 is 5.01. The summed E-state index contributed by atoms with van der Waals surface area (Å²) in [4.78, 5) is 12.0. The summed E-state index contributed by atoms with van der Waals surface area (Å²) in [6.45, 7) is 3.58. The molecule has 0 N–H and O–H groups in total. The Balaban J connectivity index is 3.32. The minimum Gasteiger partial charge on any atom is -0.465 e. The number of benzene rings is 1. The number of nitriles is 2. The van der Waals surface area contributed by atoms with Gasteiger partial charge in [-0.2, -0.15) is 10.5 Å². The molecule has 0 aliphatic rings. The van der Waals surface area contributed by atoms with E-state index in [1.807, 2.05) is 12.1 Å². The highest BCUT2D eigenvalue weighted by molar-refractivity contribution is 5.84. The van der Waals surface area contributed by atoms with E-state index in [1.54, 1.807) is 38.1 Å². The Morgan fingerprint density at radius 2 is 2.06 bits per heavy atom. The lowest BCUT2D eigenvalue weighted by atomic mass is 9.78. The fraction of sp³-hybridized carbons (Fsp3) is 0.357.